The molecule has 0 aliphatic carbocycles. The number of carbonyl (C=O) groups excluding carboxylic acids is 2. The molecule has 0 atom stereocenters. The molecule has 2 rings (SSSR count). The molecular formula is C12H13N3O4. The molecule has 0 fully saturated rings. The number of aryl methyl sites for hydroxylation is 1. The van der Waals surface area contributed by atoms with Crippen LogP contribution in [0.15, 0.2) is 18.2 Å². The minimum atomic E-state index is -1.11. The van der Waals surface area contributed by atoms with Gasteiger partial charge in [0.1, 0.15) is 6.54 Å². The van der Waals surface area contributed by atoms with Gasteiger partial charge in [-0.05, 0) is 30.2 Å². The second kappa shape index (κ2) is 5.38. The van der Waals surface area contributed by atoms with Crippen LogP contribution in [0.1, 0.15) is 12.0 Å². The highest BCUT2D eigenvalue weighted by Crippen LogP contribution is 2.25. The Morgan fingerprint density at radius 2 is 2.11 bits per heavy atom. The van der Waals surface area contributed by atoms with Gasteiger partial charge in [-0.3, -0.25) is 9.59 Å². The van der Waals surface area contributed by atoms with Crippen molar-refractivity contribution >= 4 is 29.3 Å². The van der Waals surface area contributed by atoms with E-state index in [1.807, 2.05) is 0 Å². The molecule has 1 heterocycles. The molecule has 3 amide bonds. The molecule has 100 valence electrons. The summed E-state index contributed by atoms with van der Waals surface area (Å²) in [6.07, 6.45) is 1.04. The second-order valence-corrected chi connectivity index (χ2v) is 4.12. The van der Waals surface area contributed by atoms with E-state index in [2.05, 4.69) is 16.0 Å². The van der Waals surface area contributed by atoms with Crippen molar-refractivity contribution in [3.8, 4) is 0 Å². The van der Waals surface area contributed by atoms with Gasteiger partial charge in [0.15, 0.2) is 0 Å². The fourth-order valence-electron chi connectivity index (χ4n) is 1.79. The van der Waals surface area contributed by atoms with Gasteiger partial charge in [0.05, 0.1) is 0 Å². The molecule has 0 radical (unpaired) electrons. The van der Waals surface area contributed by atoms with Crippen LogP contribution < -0.4 is 16.0 Å². The summed E-state index contributed by atoms with van der Waals surface area (Å²) in [6, 6.07) is 4.53. The third-order valence-corrected chi connectivity index (χ3v) is 2.66. The lowest BCUT2D eigenvalue weighted by atomic mass is 10.0. The van der Waals surface area contributed by atoms with E-state index in [0.29, 0.717) is 18.5 Å². The third kappa shape index (κ3) is 3.44. The highest BCUT2D eigenvalue weighted by atomic mass is 16.4. The Morgan fingerprint density at radius 3 is 2.84 bits per heavy atom. The van der Waals surface area contributed by atoms with E-state index in [1.165, 1.54) is 0 Å². The van der Waals surface area contributed by atoms with E-state index in [1.54, 1.807) is 18.2 Å². The summed E-state index contributed by atoms with van der Waals surface area (Å²) in [5, 5.41) is 15.9. The first-order valence-electron chi connectivity index (χ1n) is 5.74. The van der Waals surface area contributed by atoms with Gasteiger partial charge in [-0.2, -0.15) is 0 Å². The summed E-state index contributed by atoms with van der Waals surface area (Å²) >= 11 is 0. The lowest BCUT2D eigenvalue weighted by Gasteiger charge is -2.17. The highest BCUT2D eigenvalue weighted by Gasteiger charge is 2.15. The molecule has 4 N–H and O–H groups in total. The number of carboxylic acids is 1. The van der Waals surface area contributed by atoms with Crippen molar-refractivity contribution in [2.45, 2.75) is 12.8 Å². The predicted molar refractivity (Wildman–Crippen MR) is 68.0 cm³/mol. The SMILES string of the molecule is O=C(O)CNC(=O)Nc1ccc2c(c1)CCC(=O)N2. The number of urea groups is 1. The number of rotatable bonds is 3. The fourth-order valence-corrected chi connectivity index (χ4v) is 1.79. The number of carbonyl (C=O) groups is 3. The first kappa shape index (κ1) is 12.9. The summed E-state index contributed by atoms with van der Waals surface area (Å²) in [4.78, 5) is 32.9. The van der Waals surface area contributed by atoms with Crippen molar-refractivity contribution in [1.29, 1.82) is 0 Å². The number of carboxylic acid groups (broad SMARTS) is 1. The zero-order chi connectivity index (χ0) is 13.8. The van der Waals surface area contributed by atoms with Crippen LogP contribution >= 0.6 is 0 Å². The first-order chi connectivity index (χ1) is 9.04. The number of amides is 3. The van der Waals surface area contributed by atoms with E-state index in [9.17, 15) is 14.4 Å². The molecule has 0 aromatic heterocycles. The van der Waals surface area contributed by atoms with Gasteiger partial charge >= 0.3 is 12.0 Å². The van der Waals surface area contributed by atoms with Crippen LogP contribution in [0.2, 0.25) is 0 Å². The molecule has 7 nitrogen and oxygen atoms in total. The number of anilines is 2. The number of fused-ring (bicyclic) bond motifs is 1. The van der Waals surface area contributed by atoms with E-state index in [0.717, 1.165) is 11.3 Å². The molecule has 0 saturated carbocycles. The zero-order valence-corrected chi connectivity index (χ0v) is 10.0. The Labute approximate surface area is 109 Å². The molecule has 0 bridgehead atoms. The molecule has 0 saturated heterocycles. The summed E-state index contributed by atoms with van der Waals surface area (Å²) < 4.78 is 0. The average Bonchev–Trinajstić information content (AvgIpc) is 2.36. The van der Waals surface area contributed by atoms with Gasteiger partial charge in [-0.1, -0.05) is 0 Å². The average molecular weight is 263 g/mol. The van der Waals surface area contributed by atoms with E-state index >= 15 is 0 Å². The number of hydrogen-bond acceptors (Lipinski definition) is 3. The van der Waals surface area contributed by atoms with E-state index in [-0.39, 0.29) is 5.91 Å². The van der Waals surface area contributed by atoms with Crippen molar-refractivity contribution in [1.82, 2.24) is 5.32 Å². The topological polar surface area (TPSA) is 108 Å². The minimum Gasteiger partial charge on any atom is -0.480 e. The first-order valence-corrected chi connectivity index (χ1v) is 5.74. The summed E-state index contributed by atoms with van der Waals surface area (Å²) in [6.45, 7) is -0.438. The maximum Gasteiger partial charge on any atom is 0.323 e. The standard InChI is InChI=1S/C12H13N3O4/c16-10-4-1-7-5-8(2-3-9(7)15-10)14-12(19)13-6-11(17)18/h2-3,5H,1,4,6H2,(H,15,16)(H,17,18)(H2,13,14,19). The quantitative estimate of drug-likeness (QED) is 0.646. The second-order valence-electron chi connectivity index (χ2n) is 4.12. The van der Waals surface area contributed by atoms with E-state index in [4.69, 9.17) is 5.11 Å². The summed E-state index contributed by atoms with van der Waals surface area (Å²) in [7, 11) is 0. The molecular weight excluding hydrogens is 250 g/mol. The van der Waals surface area contributed by atoms with Crippen LogP contribution in [0, 0.1) is 0 Å². The monoisotopic (exact) mass is 263 g/mol. The van der Waals surface area contributed by atoms with Crippen LogP contribution in [0.5, 0.6) is 0 Å². The van der Waals surface area contributed by atoms with Gasteiger partial charge in [0.2, 0.25) is 5.91 Å². The Bertz CT molecular complexity index is 542. The Kier molecular flexibility index (Phi) is 3.65. The molecule has 0 spiro atoms. The van der Waals surface area contributed by atoms with Crippen molar-refractivity contribution in [3.05, 3.63) is 23.8 Å². The van der Waals surface area contributed by atoms with Gasteiger partial charge in [0, 0.05) is 17.8 Å². The van der Waals surface area contributed by atoms with Crippen LogP contribution in [-0.4, -0.2) is 29.6 Å². The van der Waals surface area contributed by atoms with Gasteiger partial charge < -0.3 is 21.1 Å². The number of hydrogen-bond donors (Lipinski definition) is 4. The maximum atomic E-state index is 11.4. The molecule has 7 heteroatoms. The van der Waals surface area contributed by atoms with Crippen LogP contribution in [0.4, 0.5) is 16.2 Å². The molecule has 1 aliphatic rings. The van der Waals surface area contributed by atoms with Gasteiger partial charge in [-0.15, -0.1) is 0 Å². The Hall–Kier alpha value is -2.57. The van der Waals surface area contributed by atoms with Crippen molar-refractivity contribution in [3.63, 3.8) is 0 Å². The largest absolute Gasteiger partial charge is 0.480 e. The number of benzene rings is 1. The smallest absolute Gasteiger partial charge is 0.323 e. The molecule has 1 aromatic carbocycles. The molecule has 1 aromatic rings. The fraction of sp³-hybridized carbons (Fsp3) is 0.250. The number of nitrogens with one attached hydrogen (secondary N) is 3. The lowest BCUT2D eigenvalue weighted by molar-refractivity contribution is -0.135. The van der Waals surface area contributed by atoms with Crippen molar-refractivity contribution in [2.75, 3.05) is 17.2 Å². The lowest BCUT2D eigenvalue weighted by Crippen LogP contribution is -2.33. The maximum absolute atomic E-state index is 11.4. The summed E-state index contributed by atoms with van der Waals surface area (Å²) in [5.74, 6) is -1.13. The Morgan fingerprint density at radius 1 is 1.32 bits per heavy atom. The number of aliphatic carboxylic acids is 1. The van der Waals surface area contributed by atoms with Crippen LogP contribution in [0.25, 0.3) is 0 Å². The van der Waals surface area contributed by atoms with E-state index < -0.39 is 18.5 Å². The minimum absolute atomic E-state index is 0.0209. The molecule has 1 aliphatic heterocycles. The predicted octanol–water partition coefficient (Wildman–Crippen LogP) is 0.777. The van der Waals surface area contributed by atoms with Gasteiger partial charge in [0.25, 0.3) is 0 Å². The molecule has 19 heavy (non-hydrogen) atoms. The zero-order valence-electron chi connectivity index (χ0n) is 10.0. The van der Waals surface area contributed by atoms with Crippen molar-refractivity contribution < 1.29 is 19.5 Å². The Balaban J connectivity index is 2.00. The van der Waals surface area contributed by atoms with Gasteiger partial charge in [-0.25, -0.2) is 4.79 Å². The molecule has 0 unspecified atom stereocenters. The summed E-state index contributed by atoms with van der Waals surface area (Å²) in [5.41, 5.74) is 2.24. The highest BCUT2D eigenvalue weighted by molar-refractivity contribution is 5.95. The van der Waals surface area contributed by atoms with Crippen molar-refractivity contribution in [2.24, 2.45) is 0 Å². The normalized spacial score (nSPS) is 13.2. The van der Waals surface area contributed by atoms with Crippen LogP contribution in [0.3, 0.4) is 0 Å². The third-order valence-electron chi connectivity index (χ3n) is 2.66. The van der Waals surface area contributed by atoms with Crippen LogP contribution in [-0.2, 0) is 16.0 Å².